The Morgan fingerprint density at radius 2 is 0.633 bits per heavy atom. The maximum absolute atomic E-state index is 13.7. The second-order valence-electron chi connectivity index (χ2n) is 37.0. The first-order chi connectivity index (χ1) is 44.5. The predicted molar refractivity (Wildman–Crippen MR) is 406 cm³/mol. The third-order valence-corrected chi connectivity index (χ3v) is 24.2. The standard InChI is InChI=1S/4C11H21F2N.C10H21N.C9H20N2.2C9H19N/c3*1-8(2)10-5-6-14(9(3)4)7-11(10,12)13;1-8(2)10-5-6-14(9(3)4)11(12,13)7-10;1-8(2)10(5)6-11(7-10)9(3)4;1-7(2)9(10)5-11(6-9)8(3)4;1-7(2)9-5-10(6-9)8(3)4;1-7(2)9-5-6-10(9)8(3)4/h4*8-10H,5-7H2,1-4H3;8-9H,6-7H2,1-5H3;7-8H,5-6,10H2,1-4H3;2*7-9H,5-6H2,1-4H3. The van der Waals surface area contributed by atoms with E-state index in [1.165, 1.54) is 44.0 Å². The molecule has 0 spiro atoms. The molecule has 8 aliphatic rings. The SMILES string of the molecule is CC(C)C1CCN(C(C)C)C(F)(F)C1.CC(C)C1CCN(C(C)C)CC1(F)F.CC(C)C1CCN(C(C)C)CC1(F)F.CC(C)C1CCN(C(C)C)CC1(F)F.CC(C)C1CCN1C(C)C.CC(C)C1CN(C(C)C)C1.CC(C)N1CC(C)(C(C)C)C1.CC(C)N1CC(N)(C(C)C)C1. The van der Waals surface area contributed by atoms with Crippen LogP contribution in [0.15, 0.2) is 0 Å². The van der Waals surface area contributed by atoms with Gasteiger partial charge in [-0.2, -0.15) is 8.78 Å². The minimum absolute atomic E-state index is 0.0306. The van der Waals surface area contributed by atoms with Crippen LogP contribution in [-0.2, 0) is 0 Å². The third kappa shape index (κ3) is 29.8. The summed E-state index contributed by atoms with van der Waals surface area (Å²) in [6, 6.07) is 1.82. The number of hydrogen-bond acceptors (Lipinski definition) is 9. The van der Waals surface area contributed by atoms with Gasteiger partial charge in [-0.05, 0) is 227 Å². The molecular weight excluding hydrogens is 1250 g/mol. The van der Waals surface area contributed by atoms with Crippen LogP contribution in [0.1, 0.15) is 267 Å². The fraction of sp³-hybridized carbons (Fsp3) is 1.00. The first kappa shape index (κ1) is 95.1. The Morgan fingerprint density at radius 1 is 0.306 bits per heavy atom. The molecule has 588 valence electrons. The minimum atomic E-state index is -2.60. The van der Waals surface area contributed by atoms with Crippen LogP contribution in [0.4, 0.5) is 35.1 Å². The summed E-state index contributed by atoms with van der Waals surface area (Å²) in [5.74, 6) is -3.87. The molecule has 0 aliphatic carbocycles. The van der Waals surface area contributed by atoms with E-state index in [0.29, 0.717) is 49.1 Å². The summed E-state index contributed by atoms with van der Waals surface area (Å²) in [6.07, 6.45) is 4.23. The van der Waals surface area contributed by atoms with Crippen molar-refractivity contribution >= 4 is 0 Å². The van der Waals surface area contributed by atoms with Gasteiger partial charge < -0.3 is 10.6 Å². The summed E-state index contributed by atoms with van der Waals surface area (Å²) < 4.78 is 109. The fourth-order valence-electron chi connectivity index (χ4n) is 15.2. The van der Waals surface area contributed by atoms with Crippen molar-refractivity contribution in [2.45, 2.75) is 351 Å². The van der Waals surface area contributed by atoms with E-state index in [1.54, 1.807) is 0 Å². The average Bonchev–Trinajstić information content (AvgIpc) is 0.801. The summed E-state index contributed by atoms with van der Waals surface area (Å²) in [7, 11) is 0. The Morgan fingerprint density at radius 3 is 0.837 bits per heavy atom. The van der Waals surface area contributed by atoms with E-state index in [-0.39, 0.29) is 79.4 Å². The molecule has 8 heterocycles. The van der Waals surface area contributed by atoms with Crippen molar-refractivity contribution < 1.29 is 35.1 Å². The maximum atomic E-state index is 13.7. The number of nitrogens with zero attached hydrogens (tertiary/aromatic N) is 8. The van der Waals surface area contributed by atoms with Gasteiger partial charge in [0.25, 0.3) is 17.8 Å². The van der Waals surface area contributed by atoms with Gasteiger partial charge in [-0.15, -0.1) is 0 Å². The molecular formula is C81H163F8N9. The first-order valence-corrected chi connectivity index (χ1v) is 39.8. The van der Waals surface area contributed by atoms with Gasteiger partial charge in [0.2, 0.25) is 0 Å². The molecule has 17 heteroatoms. The van der Waals surface area contributed by atoms with Crippen LogP contribution in [0.25, 0.3) is 0 Å². The topological polar surface area (TPSA) is 51.9 Å². The monoisotopic (exact) mass is 1410 g/mol. The fourth-order valence-corrected chi connectivity index (χ4v) is 15.2. The van der Waals surface area contributed by atoms with Gasteiger partial charge in [-0.25, -0.2) is 31.2 Å². The van der Waals surface area contributed by atoms with E-state index in [0.717, 1.165) is 87.0 Å². The van der Waals surface area contributed by atoms with Crippen molar-refractivity contribution in [1.82, 2.24) is 39.2 Å². The highest BCUT2D eigenvalue weighted by Crippen LogP contribution is 2.43. The normalized spacial score (nSPS) is 26.9. The van der Waals surface area contributed by atoms with E-state index in [2.05, 4.69) is 137 Å². The number of hydrogen-bond donors (Lipinski definition) is 1. The molecule has 8 rings (SSSR count). The molecule has 9 nitrogen and oxygen atoms in total. The summed E-state index contributed by atoms with van der Waals surface area (Å²) in [5.41, 5.74) is 6.84. The van der Waals surface area contributed by atoms with Gasteiger partial charge >= 0.3 is 6.05 Å². The van der Waals surface area contributed by atoms with Gasteiger partial charge in [-0.3, -0.25) is 29.4 Å². The molecule has 0 amide bonds. The average molecular weight is 1420 g/mol. The van der Waals surface area contributed by atoms with Crippen LogP contribution >= 0.6 is 0 Å². The van der Waals surface area contributed by atoms with Gasteiger partial charge in [-0.1, -0.05) is 118 Å². The zero-order valence-corrected chi connectivity index (χ0v) is 70.0. The van der Waals surface area contributed by atoms with Gasteiger partial charge in [0.05, 0.1) is 19.6 Å². The summed E-state index contributed by atoms with van der Waals surface area (Å²) in [5, 5.41) is 0. The second kappa shape index (κ2) is 41.3. The van der Waals surface area contributed by atoms with Crippen LogP contribution in [0.2, 0.25) is 0 Å². The molecule has 2 N–H and O–H groups in total. The summed E-state index contributed by atoms with van der Waals surface area (Å²) in [4.78, 5) is 17.0. The molecule has 5 unspecified atom stereocenters. The molecule has 8 aliphatic heterocycles. The highest BCUT2D eigenvalue weighted by Gasteiger charge is 2.50. The molecule has 0 aromatic carbocycles. The van der Waals surface area contributed by atoms with E-state index >= 15 is 0 Å². The van der Waals surface area contributed by atoms with E-state index in [4.69, 9.17) is 5.73 Å². The Balaban J connectivity index is 0.000000562. The lowest BCUT2D eigenvalue weighted by molar-refractivity contribution is -0.196. The summed E-state index contributed by atoms with van der Waals surface area (Å²) in [6.45, 7) is 81.3. The van der Waals surface area contributed by atoms with Crippen LogP contribution in [0.5, 0.6) is 0 Å². The Labute approximate surface area is 602 Å². The number of likely N-dealkylation sites (tertiary alicyclic amines) is 8. The zero-order chi connectivity index (χ0) is 76.5. The van der Waals surface area contributed by atoms with Crippen molar-refractivity contribution in [3.05, 3.63) is 0 Å². The summed E-state index contributed by atoms with van der Waals surface area (Å²) >= 11 is 0. The Kier molecular flexibility index (Phi) is 40.0. The predicted octanol–water partition coefficient (Wildman–Crippen LogP) is 19.9. The Hall–Kier alpha value is -0.920. The van der Waals surface area contributed by atoms with Crippen molar-refractivity contribution in [2.75, 3.05) is 91.6 Å². The third-order valence-electron chi connectivity index (χ3n) is 24.2. The van der Waals surface area contributed by atoms with Crippen LogP contribution in [-0.4, -0.2) is 215 Å². The largest absolute Gasteiger partial charge is 0.323 e. The lowest BCUT2D eigenvalue weighted by Gasteiger charge is -2.52. The van der Waals surface area contributed by atoms with Crippen molar-refractivity contribution in [2.24, 2.45) is 88.1 Å². The molecule has 0 aromatic rings. The van der Waals surface area contributed by atoms with E-state index in [1.807, 2.05) is 125 Å². The lowest BCUT2D eigenvalue weighted by atomic mass is 9.72. The first-order valence-electron chi connectivity index (χ1n) is 39.8. The van der Waals surface area contributed by atoms with Crippen molar-refractivity contribution in [3.8, 4) is 0 Å². The zero-order valence-electron chi connectivity index (χ0n) is 70.0. The highest BCUT2D eigenvalue weighted by molar-refractivity contribution is 5.03. The van der Waals surface area contributed by atoms with Gasteiger partial charge in [0, 0.05) is 136 Å². The lowest BCUT2D eigenvalue weighted by Crippen LogP contribution is -2.71. The number of rotatable bonds is 16. The smallest absolute Gasteiger partial charge is 0.305 e. The number of piperidine rings is 4. The van der Waals surface area contributed by atoms with Gasteiger partial charge in [0.1, 0.15) is 0 Å². The van der Waals surface area contributed by atoms with Crippen molar-refractivity contribution in [3.63, 3.8) is 0 Å². The van der Waals surface area contributed by atoms with Crippen LogP contribution in [0, 0.1) is 82.3 Å². The Bertz CT molecular complexity index is 1880. The molecule has 0 bridgehead atoms. The quantitative estimate of drug-likeness (QED) is 0.120. The second-order valence-corrected chi connectivity index (χ2v) is 37.0. The molecule has 0 saturated carbocycles. The molecule has 0 aromatic heterocycles. The van der Waals surface area contributed by atoms with Crippen LogP contribution in [0.3, 0.4) is 0 Å². The maximum Gasteiger partial charge on any atom is 0.305 e. The molecule has 5 atom stereocenters. The minimum Gasteiger partial charge on any atom is -0.323 e. The number of alkyl halides is 8. The molecule has 98 heavy (non-hydrogen) atoms. The number of nitrogens with two attached hydrogens (primary N) is 1. The molecule has 8 fully saturated rings. The highest BCUT2D eigenvalue weighted by atomic mass is 19.3. The molecule has 8 saturated heterocycles. The van der Waals surface area contributed by atoms with Crippen LogP contribution < -0.4 is 5.73 Å². The molecule has 0 radical (unpaired) electrons. The van der Waals surface area contributed by atoms with E-state index < -0.39 is 41.6 Å². The van der Waals surface area contributed by atoms with E-state index in [9.17, 15) is 35.1 Å². The van der Waals surface area contributed by atoms with Gasteiger partial charge in [0.15, 0.2) is 0 Å². The number of halogens is 8. The van der Waals surface area contributed by atoms with Crippen molar-refractivity contribution in [1.29, 1.82) is 0 Å².